The molecular formula is C25H20N4O3. The van der Waals surface area contributed by atoms with E-state index >= 15 is 0 Å². The number of rotatable bonds is 4. The van der Waals surface area contributed by atoms with Gasteiger partial charge < -0.3 is 15.8 Å². The van der Waals surface area contributed by atoms with Crippen LogP contribution in [0.4, 0.5) is 17.3 Å². The molecule has 2 amide bonds. The van der Waals surface area contributed by atoms with E-state index in [0.29, 0.717) is 17.0 Å². The van der Waals surface area contributed by atoms with Gasteiger partial charge >= 0.3 is 0 Å². The summed E-state index contributed by atoms with van der Waals surface area (Å²) in [6.07, 6.45) is -0.875. The first-order valence-corrected chi connectivity index (χ1v) is 10.2. The number of carbonyl (C=O) groups excluding carboxylic acids is 2. The zero-order chi connectivity index (χ0) is 22.1. The highest BCUT2D eigenvalue weighted by Gasteiger charge is 2.37. The fourth-order valence-corrected chi connectivity index (χ4v) is 3.82. The fraction of sp³-hybridized carbons (Fsp3) is 0.0800. The number of nitrogen functional groups attached to an aromatic ring is 1. The van der Waals surface area contributed by atoms with Crippen molar-refractivity contribution in [1.29, 1.82) is 0 Å². The molecule has 32 heavy (non-hydrogen) atoms. The third-order valence-corrected chi connectivity index (χ3v) is 5.32. The number of nitrogens with two attached hydrogens (primary N) is 1. The van der Waals surface area contributed by atoms with E-state index in [4.69, 9.17) is 10.5 Å². The van der Waals surface area contributed by atoms with Crippen LogP contribution in [-0.2, 0) is 9.59 Å². The molecule has 0 saturated heterocycles. The van der Waals surface area contributed by atoms with Crippen LogP contribution in [0.25, 0.3) is 10.8 Å². The van der Waals surface area contributed by atoms with Gasteiger partial charge in [-0.3, -0.25) is 14.5 Å². The van der Waals surface area contributed by atoms with Crippen LogP contribution in [0.1, 0.15) is 11.7 Å². The predicted octanol–water partition coefficient (Wildman–Crippen LogP) is 3.92. The number of amides is 2. The van der Waals surface area contributed by atoms with E-state index < -0.39 is 6.10 Å². The maximum atomic E-state index is 13.3. The summed E-state index contributed by atoms with van der Waals surface area (Å²) in [6, 6.07) is 25.9. The second-order valence-electron chi connectivity index (χ2n) is 7.47. The molecule has 2 heterocycles. The van der Waals surface area contributed by atoms with Crippen molar-refractivity contribution in [2.24, 2.45) is 0 Å². The molecule has 0 aliphatic carbocycles. The number of ether oxygens (including phenoxy) is 1. The molecule has 5 rings (SSSR count). The topological polar surface area (TPSA) is 97.5 Å². The van der Waals surface area contributed by atoms with Gasteiger partial charge in [0.25, 0.3) is 5.91 Å². The Morgan fingerprint density at radius 1 is 0.969 bits per heavy atom. The number of anilines is 3. The standard InChI is InChI=1S/C25H20N4O3/c26-21-14-13-20-24(28-21)29(25(31)23(32-20)17-8-2-1-3-9-17)15-22(30)27-19-12-6-10-16-7-4-5-11-18(16)19/h1-14,23H,15H2,(H2,26,28)(H,27,30). The normalized spacial score (nSPS) is 15.2. The average molecular weight is 424 g/mol. The molecule has 7 nitrogen and oxygen atoms in total. The van der Waals surface area contributed by atoms with Crippen molar-refractivity contribution in [1.82, 2.24) is 4.98 Å². The number of hydrogen-bond donors (Lipinski definition) is 2. The van der Waals surface area contributed by atoms with Gasteiger partial charge in [-0.05, 0) is 23.6 Å². The first-order chi connectivity index (χ1) is 15.6. The summed E-state index contributed by atoms with van der Waals surface area (Å²) < 4.78 is 5.93. The number of carbonyl (C=O) groups is 2. The Bertz CT molecular complexity index is 1320. The minimum atomic E-state index is -0.875. The number of benzene rings is 3. The summed E-state index contributed by atoms with van der Waals surface area (Å²) in [4.78, 5) is 31.9. The number of pyridine rings is 1. The SMILES string of the molecule is Nc1ccc2c(n1)N(CC(=O)Nc1cccc3ccccc13)C(=O)C(c1ccccc1)O2. The third kappa shape index (κ3) is 3.60. The van der Waals surface area contributed by atoms with Crippen molar-refractivity contribution in [3.05, 3.63) is 90.5 Å². The van der Waals surface area contributed by atoms with Crippen LogP contribution in [0.3, 0.4) is 0 Å². The van der Waals surface area contributed by atoms with Crippen molar-refractivity contribution in [2.45, 2.75) is 6.10 Å². The van der Waals surface area contributed by atoms with Crippen LogP contribution in [-0.4, -0.2) is 23.3 Å². The number of hydrogen-bond acceptors (Lipinski definition) is 5. The summed E-state index contributed by atoms with van der Waals surface area (Å²) in [6.45, 7) is -0.224. The molecule has 0 fully saturated rings. The van der Waals surface area contributed by atoms with Crippen LogP contribution in [0.5, 0.6) is 5.75 Å². The number of nitrogens with zero attached hydrogens (tertiary/aromatic N) is 2. The molecule has 1 aliphatic rings. The third-order valence-electron chi connectivity index (χ3n) is 5.32. The van der Waals surface area contributed by atoms with Crippen LogP contribution < -0.4 is 20.7 Å². The second kappa shape index (κ2) is 8.03. The largest absolute Gasteiger partial charge is 0.472 e. The Balaban J connectivity index is 1.46. The highest BCUT2D eigenvalue weighted by Crippen LogP contribution is 2.38. The molecule has 4 aromatic rings. The summed E-state index contributed by atoms with van der Waals surface area (Å²) in [5.41, 5.74) is 7.22. The fourth-order valence-electron chi connectivity index (χ4n) is 3.82. The van der Waals surface area contributed by atoms with E-state index in [1.807, 2.05) is 72.8 Å². The van der Waals surface area contributed by atoms with E-state index in [-0.39, 0.29) is 30.0 Å². The summed E-state index contributed by atoms with van der Waals surface area (Å²) >= 11 is 0. The molecule has 1 atom stereocenters. The Morgan fingerprint density at radius 3 is 2.56 bits per heavy atom. The highest BCUT2D eigenvalue weighted by molar-refractivity contribution is 6.08. The van der Waals surface area contributed by atoms with Crippen molar-refractivity contribution >= 4 is 39.9 Å². The molecular weight excluding hydrogens is 404 g/mol. The predicted molar refractivity (Wildman–Crippen MR) is 123 cm³/mol. The first-order valence-electron chi connectivity index (χ1n) is 10.2. The van der Waals surface area contributed by atoms with Crippen LogP contribution in [0.2, 0.25) is 0 Å². The smallest absolute Gasteiger partial charge is 0.274 e. The molecule has 1 aliphatic heterocycles. The van der Waals surface area contributed by atoms with E-state index in [9.17, 15) is 9.59 Å². The van der Waals surface area contributed by atoms with Gasteiger partial charge in [-0.15, -0.1) is 0 Å². The van der Waals surface area contributed by atoms with Gasteiger partial charge in [-0.25, -0.2) is 4.98 Å². The van der Waals surface area contributed by atoms with Gasteiger partial charge in [0.2, 0.25) is 12.0 Å². The van der Waals surface area contributed by atoms with Gasteiger partial charge in [-0.1, -0.05) is 66.7 Å². The van der Waals surface area contributed by atoms with Crippen molar-refractivity contribution in [3.63, 3.8) is 0 Å². The highest BCUT2D eigenvalue weighted by atomic mass is 16.5. The second-order valence-corrected chi connectivity index (χ2v) is 7.47. The molecule has 1 unspecified atom stereocenters. The summed E-state index contributed by atoms with van der Waals surface area (Å²) in [7, 11) is 0. The quantitative estimate of drug-likeness (QED) is 0.517. The maximum absolute atomic E-state index is 13.3. The Hall–Kier alpha value is -4.39. The van der Waals surface area contributed by atoms with E-state index in [1.165, 1.54) is 4.90 Å². The zero-order valence-corrected chi connectivity index (χ0v) is 17.1. The lowest BCUT2D eigenvalue weighted by atomic mass is 10.1. The van der Waals surface area contributed by atoms with Crippen molar-refractivity contribution in [3.8, 4) is 5.75 Å². The molecule has 0 bridgehead atoms. The average Bonchev–Trinajstić information content (AvgIpc) is 2.82. The monoisotopic (exact) mass is 424 g/mol. The van der Waals surface area contributed by atoms with E-state index in [1.54, 1.807) is 12.1 Å². The molecule has 0 saturated carbocycles. The molecule has 0 radical (unpaired) electrons. The minimum absolute atomic E-state index is 0.224. The molecule has 1 aromatic heterocycles. The van der Waals surface area contributed by atoms with E-state index in [2.05, 4.69) is 10.3 Å². The molecule has 3 aromatic carbocycles. The van der Waals surface area contributed by atoms with Gasteiger partial charge in [0.1, 0.15) is 12.4 Å². The first kappa shape index (κ1) is 19.6. The molecule has 158 valence electrons. The van der Waals surface area contributed by atoms with Gasteiger partial charge in [0, 0.05) is 16.6 Å². The minimum Gasteiger partial charge on any atom is -0.472 e. The number of nitrogens with one attached hydrogen (secondary N) is 1. The Morgan fingerprint density at radius 2 is 1.72 bits per heavy atom. The van der Waals surface area contributed by atoms with Crippen molar-refractivity contribution in [2.75, 3.05) is 22.5 Å². The molecule has 3 N–H and O–H groups in total. The van der Waals surface area contributed by atoms with Gasteiger partial charge in [0.05, 0.1) is 0 Å². The van der Waals surface area contributed by atoms with Crippen LogP contribution in [0.15, 0.2) is 84.9 Å². The van der Waals surface area contributed by atoms with Gasteiger partial charge in [-0.2, -0.15) is 0 Å². The maximum Gasteiger partial charge on any atom is 0.274 e. The lowest BCUT2D eigenvalue weighted by Crippen LogP contribution is -2.45. The summed E-state index contributed by atoms with van der Waals surface area (Å²) in [5.74, 6) is 0.132. The lowest BCUT2D eigenvalue weighted by Gasteiger charge is -2.33. The van der Waals surface area contributed by atoms with Crippen molar-refractivity contribution < 1.29 is 14.3 Å². The van der Waals surface area contributed by atoms with Crippen LogP contribution >= 0.6 is 0 Å². The molecule has 7 heteroatoms. The lowest BCUT2D eigenvalue weighted by molar-refractivity contribution is -0.128. The number of fused-ring (bicyclic) bond motifs is 2. The summed E-state index contributed by atoms with van der Waals surface area (Å²) in [5, 5.41) is 4.85. The van der Waals surface area contributed by atoms with E-state index in [0.717, 1.165) is 10.8 Å². The van der Waals surface area contributed by atoms with Crippen LogP contribution in [0, 0.1) is 0 Å². The Kier molecular flexibility index (Phi) is 4.91. The zero-order valence-electron chi connectivity index (χ0n) is 17.1. The molecule has 0 spiro atoms. The van der Waals surface area contributed by atoms with Gasteiger partial charge in [0.15, 0.2) is 11.6 Å². The Labute approximate surface area is 184 Å². The number of aromatic nitrogens is 1.